The molecule has 3 nitrogen and oxygen atoms in total. The lowest BCUT2D eigenvalue weighted by molar-refractivity contribution is 0.795. The van der Waals surface area contributed by atoms with E-state index in [9.17, 15) is 0 Å². The van der Waals surface area contributed by atoms with Gasteiger partial charge in [-0.15, -0.1) is 6.58 Å². The van der Waals surface area contributed by atoms with Crippen molar-refractivity contribution in [1.29, 1.82) is 0 Å². The van der Waals surface area contributed by atoms with Gasteiger partial charge in [-0.05, 0) is 13.8 Å². The van der Waals surface area contributed by atoms with Gasteiger partial charge in [-0.2, -0.15) is 0 Å². The summed E-state index contributed by atoms with van der Waals surface area (Å²) < 4.78 is 0. The van der Waals surface area contributed by atoms with Crippen molar-refractivity contribution in [3.05, 3.63) is 12.7 Å². The average Bonchev–Trinajstić information content (AvgIpc) is 1.88. The third kappa shape index (κ3) is 3.95. The Bertz CT molecular complexity index is 129. The Morgan fingerprint density at radius 2 is 2.50 bits per heavy atom. The zero-order valence-corrected chi connectivity index (χ0v) is 6.59. The van der Waals surface area contributed by atoms with Crippen molar-refractivity contribution in [2.75, 3.05) is 6.54 Å². The molecule has 3 heteroatoms. The lowest BCUT2D eigenvalue weighted by Gasteiger charge is -2.08. The van der Waals surface area contributed by atoms with Gasteiger partial charge in [0.15, 0.2) is 5.96 Å². The van der Waals surface area contributed by atoms with E-state index in [0.29, 0.717) is 12.5 Å². The van der Waals surface area contributed by atoms with Crippen LogP contribution in [0.15, 0.2) is 17.6 Å². The van der Waals surface area contributed by atoms with Gasteiger partial charge in [-0.25, -0.2) is 0 Å². The Morgan fingerprint density at radius 1 is 1.90 bits per heavy atom. The van der Waals surface area contributed by atoms with Gasteiger partial charge in [0.05, 0.1) is 0 Å². The maximum absolute atomic E-state index is 5.45. The molecule has 0 saturated carbocycles. The quantitative estimate of drug-likeness (QED) is 0.341. The minimum Gasteiger partial charge on any atom is -0.370 e. The van der Waals surface area contributed by atoms with Gasteiger partial charge in [0.25, 0.3) is 0 Å². The molecule has 0 spiro atoms. The highest BCUT2D eigenvalue weighted by Gasteiger charge is 1.93. The Balaban J connectivity index is 3.66. The van der Waals surface area contributed by atoms with Crippen LogP contribution in [0.2, 0.25) is 0 Å². The number of guanidine groups is 1. The molecule has 0 aromatic carbocycles. The lowest BCUT2D eigenvalue weighted by Crippen LogP contribution is -2.37. The smallest absolute Gasteiger partial charge is 0.189 e. The number of aliphatic imine (C=N–C) groups is 1. The van der Waals surface area contributed by atoms with Gasteiger partial charge < -0.3 is 11.1 Å². The molecular formula is C7H15N3. The first-order valence-electron chi connectivity index (χ1n) is 3.39. The molecule has 0 aliphatic rings. The molecule has 1 unspecified atom stereocenters. The summed E-state index contributed by atoms with van der Waals surface area (Å²) in [6, 6.07) is 0.190. The van der Waals surface area contributed by atoms with Gasteiger partial charge in [0.2, 0.25) is 0 Å². The Hall–Kier alpha value is -0.990. The molecule has 58 valence electrons. The summed E-state index contributed by atoms with van der Waals surface area (Å²) in [5.74, 6) is 0.481. The van der Waals surface area contributed by atoms with Gasteiger partial charge >= 0.3 is 0 Å². The molecule has 0 amide bonds. The fourth-order valence-electron chi connectivity index (χ4n) is 0.508. The molecule has 0 rings (SSSR count). The fourth-order valence-corrected chi connectivity index (χ4v) is 0.508. The van der Waals surface area contributed by atoms with E-state index in [1.807, 2.05) is 13.8 Å². The summed E-state index contributed by atoms with van der Waals surface area (Å²) in [5, 5.41) is 2.94. The topological polar surface area (TPSA) is 50.4 Å². The minimum atomic E-state index is 0.190. The van der Waals surface area contributed by atoms with Crippen LogP contribution >= 0.6 is 0 Å². The van der Waals surface area contributed by atoms with Crippen LogP contribution in [-0.2, 0) is 0 Å². The number of hydrogen-bond donors (Lipinski definition) is 2. The molecule has 0 aromatic heterocycles. The van der Waals surface area contributed by atoms with Gasteiger partial charge in [-0.3, -0.25) is 4.99 Å². The van der Waals surface area contributed by atoms with Crippen LogP contribution in [0.25, 0.3) is 0 Å². The molecular weight excluding hydrogens is 126 g/mol. The maximum atomic E-state index is 5.45. The van der Waals surface area contributed by atoms with Crippen molar-refractivity contribution in [1.82, 2.24) is 5.32 Å². The van der Waals surface area contributed by atoms with Crippen molar-refractivity contribution in [3.8, 4) is 0 Å². The van der Waals surface area contributed by atoms with Crippen LogP contribution in [0, 0.1) is 0 Å². The van der Waals surface area contributed by atoms with Gasteiger partial charge in [0, 0.05) is 12.6 Å². The van der Waals surface area contributed by atoms with E-state index in [1.165, 1.54) is 0 Å². The van der Waals surface area contributed by atoms with E-state index >= 15 is 0 Å². The lowest BCUT2D eigenvalue weighted by atomic mass is 10.3. The first kappa shape index (κ1) is 9.01. The summed E-state index contributed by atoms with van der Waals surface area (Å²) in [5.41, 5.74) is 5.45. The summed E-state index contributed by atoms with van der Waals surface area (Å²) in [4.78, 5) is 3.95. The fraction of sp³-hybridized carbons (Fsp3) is 0.571. The normalized spacial score (nSPS) is 14.4. The third-order valence-corrected chi connectivity index (χ3v) is 1.06. The van der Waals surface area contributed by atoms with Crippen molar-refractivity contribution in [2.24, 2.45) is 10.7 Å². The van der Waals surface area contributed by atoms with E-state index in [0.717, 1.165) is 0 Å². The van der Waals surface area contributed by atoms with Crippen LogP contribution in [0.4, 0.5) is 0 Å². The number of hydrogen-bond acceptors (Lipinski definition) is 1. The molecule has 0 aromatic rings. The molecule has 0 fully saturated rings. The molecule has 10 heavy (non-hydrogen) atoms. The Kier molecular flexibility index (Phi) is 4.37. The van der Waals surface area contributed by atoms with Crippen LogP contribution in [0.3, 0.4) is 0 Å². The Labute approximate surface area is 62.0 Å². The summed E-state index contributed by atoms with van der Waals surface area (Å²) in [7, 11) is 0. The monoisotopic (exact) mass is 141 g/mol. The molecule has 0 aliphatic heterocycles. The molecule has 0 saturated heterocycles. The molecule has 0 radical (unpaired) electrons. The molecule has 0 heterocycles. The van der Waals surface area contributed by atoms with E-state index in [4.69, 9.17) is 5.73 Å². The number of nitrogens with two attached hydrogens (primary N) is 1. The maximum Gasteiger partial charge on any atom is 0.189 e. The zero-order valence-electron chi connectivity index (χ0n) is 6.59. The summed E-state index contributed by atoms with van der Waals surface area (Å²) in [6.07, 6.45) is 1.78. The van der Waals surface area contributed by atoms with Crippen molar-refractivity contribution < 1.29 is 0 Å². The second kappa shape index (κ2) is 4.85. The number of rotatable bonds is 3. The predicted octanol–water partition coefficient (Wildman–Crippen LogP) is 0.485. The van der Waals surface area contributed by atoms with Crippen LogP contribution in [-0.4, -0.2) is 18.5 Å². The third-order valence-electron chi connectivity index (χ3n) is 1.06. The molecule has 0 bridgehead atoms. The standard InChI is InChI=1S/C7H15N3/c1-4-6(3)10-7(8)9-5-2/h4,6H,1,5H2,2-3H3,(H3,8,9,10). The zero-order chi connectivity index (χ0) is 7.98. The Morgan fingerprint density at radius 3 is 2.90 bits per heavy atom. The molecule has 1 atom stereocenters. The van der Waals surface area contributed by atoms with E-state index < -0.39 is 0 Å². The van der Waals surface area contributed by atoms with E-state index in [1.54, 1.807) is 6.08 Å². The van der Waals surface area contributed by atoms with Crippen molar-refractivity contribution in [3.63, 3.8) is 0 Å². The predicted molar refractivity (Wildman–Crippen MR) is 45.0 cm³/mol. The average molecular weight is 141 g/mol. The highest BCUT2D eigenvalue weighted by atomic mass is 15.1. The van der Waals surface area contributed by atoms with E-state index in [-0.39, 0.29) is 6.04 Å². The van der Waals surface area contributed by atoms with Gasteiger partial charge in [0.1, 0.15) is 0 Å². The second-order valence-corrected chi connectivity index (χ2v) is 2.03. The first-order chi connectivity index (χ1) is 4.70. The summed E-state index contributed by atoms with van der Waals surface area (Å²) in [6.45, 7) is 8.21. The second-order valence-electron chi connectivity index (χ2n) is 2.03. The van der Waals surface area contributed by atoms with Crippen LogP contribution in [0.5, 0.6) is 0 Å². The largest absolute Gasteiger partial charge is 0.370 e. The highest BCUT2D eigenvalue weighted by Crippen LogP contribution is 1.79. The van der Waals surface area contributed by atoms with Crippen LogP contribution in [0.1, 0.15) is 13.8 Å². The summed E-state index contributed by atoms with van der Waals surface area (Å²) >= 11 is 0. The SMILES string of the molecule is C=CC(C)NC(N)=NCC. The van der Waals surface area contributed by atoms with E-state index in [2.05, 4.69) is 16.9 Å². The van der Waals surface area contributed by atoms with Crippen molar-refractivity contribution >= 4 is 5.96 Å². The molecule has 3 N–H and O–H groups in total. The highest BCUT2D eigenvalue weighted by molar-refractivity contribution is 5.78. The van der Waals surface area contributed by atoms with Crippen molar-refractivity contribution in [2.45, 2.75) is 19.9 Å². The number of nitrogens with one attached hydrogen (secondary N) is 1. The number of nitrogens with zero attached hydrogens (tertiary/aromatic N) is 1. The first-order valence-corrected chi connectivity index (χ1v) is 3.39. The minimum absolute atomic E-state index is 0.190. The molecule has 0 aliphatic carbocycles. The van der Waals surface area contributed by atoms with Crippen LogP contribution < -0.4 is 11.1 Å². The van der Waals surface area contributed by atoms with Gasteiger partial charge in [-0.1, -0.05) is 6.08 Å².